The summed E-state index contributed by atoms with van der Waals surface area (Å²) in [5.41, 5.74) is 3.68. The predicted octanol–water partition coefficient (Wildman–Crippen LogP) is 6.75. The summed E-state index contributed by atoms with van der Waals surface area (Å²) in [5.74, 6) is 0.484. The molecule has 0 atom stereocenters. The topological polar surface area (TPSA) is 74.8 Å². The number of pyridine rings is 1. The number of fused-ring (bicyclic) bond motifs is 1. The Bertz CT molecular complexity index is 1380. The lowest BCUT2D eigenvalue weighted by Crippen LogP contribution is -2.05. The SMILES string of the molecule is Cc1nc(N/C=C/c2ccc(Nc3cccc(C(F)(F)F)c3)cn2)nc2cc(NC3CC3)ccc12. The summed E-state index contributed by atoms with van der Waals surface area (Å²) >= 11 is 0. The molecule has 0 spiro atoms. The van der Waals surface area contributed by atoms with Crippen LogP contribution in [0.15, 0.2) is 67.0 Å². The van der Waals surface area contributed by atoms with Gasteiger partial charge in [0.05, 0.1) is 34.4 Å². The summed E-state index contributed by atoms with van der Waals surface area (Å²) in [6, 6.07) is 15.2. The van der Waals surface area contributed by atoms with Crippen LogP contribution >= 0.6 is 0 Å². The van der Waals surface area contributed by atoms with E-state index < -0.39 is 11.7 Å². The van der Waals surface area contributed by atoms with Crippen molar-refractivity contribution in [1.82, 2.24) is 15.0 Å². The molecule has 2 aromatic carbocycles. The summed E-state index contributed by atoms with van der Waals surface area (Å²) in [7, 11) is 0. The van der Waals surface area contributed by atoms with Crippen LogP contribution in [0.1, 0.15) is 29.8 Å². The van der Waals surface area contributed by atoms with Gasteiger partial charge in [0.2, 0.25) is 5.95 Å². The van der Waals surface area contributed by atoms with E-state index in [1.54, 1.807) is 36.7 Å². The van der Waals surface area contributed by atoms with Crippen molar-refractivity contribution < 1.29 is 13.2 Å². The lowest BCUT2D eigenvalue weighted by molar-refractivity contribution is -0.137. The first-order valence-electron chi connectivity index (χ1n) is 11.2. The van der Waals surface area contributed by atoms with Crippen LogP contribution in [0.25, 0.3) is 17.0 Å². The highest BCUT2D eigenvalue weighted by Gasteiger charge is 2.30. The van der Waals surface area contributed by atoms with E-state index in [-0.39, 0.29) is 0 Å². The molecule has 5 rings (SSSR count). The van der Waals surface area contributed by atoms with Gasteiger partial charge in [-0.15, -0.1) is 0 Å². The number of anilines is 4. The molecule has 0 unspecified atom stereocenters. The van der Waals surface area contributed by atoms with Gasteiger partial charge in [-0.25, -0.2) is 9.97 Å². The van der Waals surface area contributed by atoms with Crippen molar-refractivity contribution in [3.05, 3.63) is 83.9 Å². The van der Waals surface area contributed by atoms with E-state index >= 15 is 0 Å². The third-order valence-corrected chi connectivity index (χ3v) is 5.57. The van der Waals surface area contributed by atoms with E-state index in [0.717, 1.165) is 34.4 Å². The molecule has 0 aliphatic heterocycles. The number of hydrogen-bond donors (Lipinski definition) is 3. The van der Waals surface area contributed by atoms with Gasteiger partial charge in [0.25, 0.3) is 0 Å². The Labute approximate surface area is 200 Å². The maximum absolute atomic E-state index is 12.9. The first kappa shape index (κ1) is 22.6. The lowest BCUT2D eigenvalue weighted by Gasteiger charge is -2.10. The molecular formula is C26H23F3N6. The van der Waals surface area contributed by atoms with Gasteiger partial charge in [-0.2, -0.15) is 13.2 Å². The summed E-state index contributed by atoms with van der Waals surface area (Å²) in [6.45, 7) is 1.95. The van der Waals surface area contributed by atoms with Crippen LogP contribution in [-0.4, -0.2) is 21.0 Å². The Morgan fingerprint density at radius 1 is 0.943 bits per heavy atom. The van der Waals surface area contributed by atoms with E-state index in [0.29, 0.717) is 29.1 Å². The average Bonchev–Trinajstić information content (AvgIpc) is 3.64. The van der Waals surface area contributed by atoms with E-state index in [2.05, 4.69) is 37.0 Å². The zero-order valence-electron chi connectivity index (χ0n) is 18.9. The van der Waals surface area contributed by atoms with Gasteiger partial charge in [-0.1, -0.05) is 6.07 Å². The van der Waals surface area contributed by atoms with Crippen LogP contribution in [0.5, 0.6) is 0 Å². The molecule has 0 radical (unpaired) electrons. The molecule has 1 fully saturated rings. The minimum atomic E-state index is -4.39. The molecular weight excluding hydrogens is 453 g/mol. The fourth-order valence-corrected chi connectivity index (χ4v) is 3.63. The van der Waals surface area contributed by atoms with Gasteiger partial charge in [-0.05, 0) is 74.4 Å². The van der Waals surface area contributed by atoms with Gasteiger partial charge in [-0.3, -0.25) is 4.98 Å². The maximum atomic E-state index is 12.9. The normalized spacial score (nSPS) is 13.8. The van der Waals surface area contributed by atoms with Crippen LogP contribution < -0.4 is 16.0 Å². The number of alkyl halides is 3. The van der Waals surface area contributed by atoms with Crippen molar-refractivity contribution in [3.8, 4) is 0 Å². The van der Waals surface area contributed by atoms with E-state index in [1.165, 1.54) is 18.9 Å². The Hall–Kier alpha value is -4.14. The number of benzene rings is 2. The molecule has 0 bridgehead atoms. The second-order valence-corrected chi connectivity index (χ2v) is 8.44. The molecule has 2 aromatic heterocycles. The molecule has 6 nitrogen and oxygen atoms in total. The maximum Gasteiger partial charge on any atom is 0.416 e. The summed E-state index contributed by atoms with van der Waals surface area (Å²) in [5, 5.41) is 10.5. The van der Waals surface area contributed by atoms with Crippen molar-refractivity contribution in [3.63, 3.8) is 0 Å². The van der Waals surface area contributed by atoms with Crippen LogP contribution in [0, 0.1) is 6.92 Å². The highest BCUT2D eigenvalue weighted by atomic mass is 19.4. The van der Waals surface area contributed by atoms with Crippen molar-refractivity contribution in [2.24, 2.45) is 0 Å². The van der Waals surface area contributed by atoms with Crippen molar-refractivity contribution in [2.75, 3.05) is 16.0 Å². The fourth-order valence-electron chi connectivity index (χ4n) is 3.63. The molecule has 4 aromatic rings. The van der Waals surface area contributed by atoms with Crippen LogP contribution in [0.3, 0.4) is 0 Å². The molecule has 35 heavy (non-hydrogen) atoms. The van der Waals surface area contributed by atoms with E-state index in [1.807, 2.05) is 19.1 Å². The quantitative estimate of drug-likeness (QED) is 0.274. The Morgan fingerprint density at radius 2 is 1.77 bits per heavy atom. The molecule has 1 aliphatic rings. The Morgan fingerprint density at radius 3 is 2.51 bits per heavy atom. The number of aryl methyl sites for hydroxylation is 1. The summed E-state index contributed by atoms with van der Waals surface area (Å²) < 4.78 is 38.7. The van der Waals surface area contributed by atoms with Crippen LogP contribution in [0.2, 0.25) is 0 Å². The number of rotatable bonds is 7. The molecule has 9 heteroatoms. The number of nitrogens with one attached hydrogen (secondary N) is 3. The molecule has 178 valence electrons. The van der Waals surface area contributed by atoms with Gasteiger partial charge in [0.15, 0.2) is 0 Å². The molecule has 2 heterocycles. The largest absolute Gasteiger partial charge is 0.416 e. The first-order valence-corrected chi connectivity index (χ1v) is 11.2. The number of aromatic nitrogens is 3. The van der Waals surface area contributed by atoms with Crippen molar-refractivity contribution in [2.45, 2.75) is 32.0 Å². The Kier molecular flexibility index (Phi) is 5.98. The van der Waals surface area contributed by atoms with Crippen LogP contribution in [0.4, 0.5) is 36.2 Å². The van der Waals surface area contributed by atoms with E-state index in [9.17, 15) is 13.2 Å². The summed E-state index contributed by atoms with van der Waals surface area (Å²) in [4.78, 5) is 13.5. The van der Waals surface area contributed by atoms with Crippen molar-refractivity contribution >= 4 is 40.0 Å². The van der Waals surface area contributed by atoms with E-state index in [4.69, 9.17) is 0 Å². The van der Waals surface area contributed by atoms with Crippen LogP contribution in [-0.2, 0) is 6.18 Å². The van der Waals surface area contributed by atoms with Crippen molar-refractivity contribution in [1.29, 1.82) is 0 Å². The molecule has 1 aliphatic carbocycles. The number of halogens is 3. The zero-order chi connectivity index (χ0) is 24.4. The minimum absolute atomic E-state index is 0.339. The molecule has 0 amide bonds. The third-order valence-electron chi connectivity index (χ3n) is 5.57. The molecule has 3 N–H and O–H groups in total. The molecule has 0 saturated heterocycles. The first-order chi connectivity index (χ1) is 16.8. The highest BCUT2D eigenvalue weighted by molar-refractivity contribution is 5.85. The smallest absolute Gasteiger partial charge is 0.382 e. The zero-order valence-corrected chi connectivity index (χ0v) is 18.9. The average molecular weight is 477 g/mol. The lowest BCUT2D eigenvalue weighted by atomic mass is 10.2. The second-order valence-electron chi connectivity index (χ2n) is 8.44. The standard InChI is InChI=1S/C26H23F3N6/c1-16-23-10-9-21(33-19-6-7-19)14-24(23)35-25(32-16)30-12-11-18-5-8-22(15-31-18)34-20-4-2-3-17(13-20)26(27,28)29/h2-5,8-15,19,33-34H,6-7H2,1H3,(H,30,32,35)/b12-11+. The Balaban J connectivity index is 1.24. The number of hydrogen-bond acceptors (Lipinski definition) is 6. The third kappa shape index (κ3) is 5.68. The highest BCUT2D eigenvalue weighted by Crippen LogP contribution is 2.31. The predicted molar refractivity (Wildman–Crippen MR) is 133 cm³/mol. The van der Waals surface area contributed by atoms with Gasteiger partial charge in [0, 0.05) is 29.0 Å². The monoisotopic (exact) mass is 476 g/mol. The molecule has 1 saturated carbocycles. The number of nitrogens with zero attached hydrogens (tertiary/aromatic N) is 3. The second kappa shape index (κ2) is 9.25. The van der Waals surface area contributed by atoms with Gasteiger partial charge >= 0.3 is 6.18 Å². The van der Waals surface area contributed by atoms with Gasteiger partial charge < -0.3 is 16.0 Å². The summed E-state index contributed by atoms with van der Waals surface area (Å²) in [6.07, 6.45) is 3.05. The minimum Gasteiger partial charge on any atom is -0.382 e. The fraction of sp³-hybridized carbons (Fsp3) is 0.192. The van der Waals surface area contributed by atoms with Gasteiger partial charge in [0.1, 0.15) is 0 Å².